The summed E-state index contributed by atoms with van der Waals surface area (Å²) in [5.74, 6) is -0.394. The SMILES string of the molecule is CNCC1CCCN(S(=O)(=O)C(C)C(=O)OC)C1. The molecule has 2 unspecified atom stereocenters. The third-order valence-corrected chi connectivity index (χ3v) is 5.45. The fraction of sp³-hybridized carbons (Fsp3) is 0.909. The lowest BCUT2D eigenvalue weighted by Gasteiger charge is -2.33. The minimum atomic E-state index is -3.59. The van der Waals surface area contributed by atoms with Crippen molar-refractivity contribution in [2.24, 2.45) is 5.92 Å². The van der Waals surface area contributed by atoms with Crippen LogP contribution in [0, 0.1) is 5.92 Å². The average Bonchev–Trinajstić information content (AvgIpc) is 2.37. The molecule has 0 radical (unpaired) electrons. The van der Waals surface area contributed by atoms with Gasteiger partial charge >= 0.3 is 5.97 Å². The lowest BCUT2D eigenvalue weighted by Crippen LogP contribution is -2.47. The maximum absolute atomic E-state index is 12.2. The highest BCUT2D eigenvalue weighted by molar-refractivity contribution is 7.90. The highest BCUT2D eigenvalue weighted by Crippen LogP contribution is 2.21. The molecule has 1 rings (SSSR count). The Labute approximate surface area is 109 Å². The van der Waals surface area contributed by atoms with E-state index in [0.717, 1.165) is 19.4 Å². The quantitative estimate of drug-likeness (QED) is 0.705. The normalized spacial score (nSPS) is 23.6. The van der Waals surface area contributed by atoms with Crippen LogP contribution in [0.2, 0.25) is 0 Å². The summed E-state index contributed by atoms with van der Waals surface area (Å²) in [5, 5.41) is 1.93. The molecule has 106 valence electrons. The van der Waals surface area contributed by atoms with Gasteiger partial charge in [0.15, 0.2) is 5.25 Å². The Kier molecular flexibility index (Phi) is 5.55. The number of carbonyl (C=O) groups is 1. The molecule has 0 aromatic rings. The number of carbonyl (C=O) groups excluding carboxylic acids is 1. The minimum Gasteiger partial charge on any atom is -0.468 e. The summed E-state index contributed by atoms with van der Waals surface area (Å²) in [6.07, 6.45) is 1.85. The molecule has 1 heterocycles. The van der Waals surface area contributed by atoms with Gasteiger partial charge in [-0.25, -0.2) is 12.7 Å². The fourth-order valence-electron chi connectivity index (χ4n) is 2.22. The number of nitrogens with zero attached hydrogens (tertiary/aromatic N) is 1. The van der Waals surface area contributed by atoms with Crippen LogP contribution < -0.4 is 5.32 Å². The highest BCUT2D eigenvalue weighted by Gasteiger charge is 2.36. The molecule has 7 heteroatoms. The second-order valence-electron chi connectivity index (χ2n) is 4.63. The summed E-state index contributed by atoms with van der Waals surface area (Å²) in [6.45, 7) is 3.13. The zero-order chi connectivity index (χ0) is 13.8. The predicted octanol–water partition coefficient (Wildman–Crippen LogP) is -0.191. The first-order valence-corrected chi connectivity index (χ1v) is 7.65. The number of esters is 1. The smallest absolute Gasteiger partial charge is 0.325 e. The van der Waals surface area contributed by atoms with Crippen molar-refractivity contribution in [3.8, 4) is 0 Å². The maximum Gasteiger partial charge on any atom is 0.325 e. The molecule has 2 atom stereocenters. The molecule has 1 fully saturated rings. The van der Waals surface area contributed by atoms with Gasteiger partial charge in [-0.2, -0.15) is 0 Å². The van der Waals surface area contributed by atoms with Crippen molar-refractivity contribution in [3.63, 3.8) is 0 Å². The van der Waals surface area contributed by atoms with Gasteiger partial charge in [0, 0.05) is 13.1 Å². The van der Waals surface area contributed by atoms with Crippen molar-refractivity contribution >= 4 is 16.0 Å². The van der Waals surface area contributed by atoms with Crippen LogP contribution in [-0.4, -0.2) is 57.7 Å². The second kappa shape index (κ2) is 6.49. The van der Waals surface area contributed by atoms with Crippen molar-refractivity contribution in [2.75, 3.05) is 33.8 Å². The van der Waals surface area contributed by atoms with Crippen LogP contribution in [0.4, 0.5) is 0 Å². The summed E-state index contributed by atoms with van der Waals surface area (Å²) in [7, 11) is -0.539. The molecule has 6 nitrogen and oxygen atoms in total. The standard InChI is InChI=1S/C11H22N2O4S/c1-9(11(14)17-3)18(15,16)13-6-4-5-10(8-13)7-12-2/h9-10,12H,4-8H2,1-3H3. The van der Waals surface area contributed by atoms with E-state index in [0.29, 0.717) is 19.0 Å². The van der Waals surface area contributed by atoms with E-state index in [-0.39, 0.29) is 0 Å². The van der Waals surface area contributed by atoms with Gasteiger partial charge in [-0.1, -0.05) is 0 Å². The topological polar surface area (TPSA) is 75.7 Å². The van der Waals surface area contributed by atoms with E-state index >= 15 is 0 Å². The highest BCUT2D eigenvalue weighted by atomic mass is 32.2. The maximum atomic E-state index is 12.2. The number of hydrogen-bond acceptors (Lipinski definition) is 5. The van der Waals surface area contributed by atoms with E-state index in [1.807, 2.05) is 7.05 Å². The molecule has 1 aliphatic heterocycles. The summed E-state index contributed by atoms with van der Waals surface area (Å²) >= 11 is 0. The van der Waals surface area contributed by atoms with Gasteiger partial charge in [0.1, 0.15) is 0 Å². The Morgan fingerprint density at radius 2 is 2.22 bits per heavy atom. The summed E-state index contributed by atoms with van der Waals surface area (Å²) < 4.78 is 30.4. The van der Waals surface area contributed by atoms with Crippen LogP contribution in [-0.2, 0) is 19.6 Å². The number of ether oxygens (including phenoxy) is 1. The number of hydrogen-bond donors (Lipinski definition) is 1. The third-order valence-electron chi connectivity index (χ3n) is 3.31. The Balaban J connectivity index is 2.75. The largest absolute Gasteiger partial charge is 0.468 e. The molecule has 0 bridgehead atoms. The van der Waals surface area contributed by atoms with E-state index in [4.69, 9.17) is 0 Å². The van der Waals surface area contributed by atoms with E-state index < -0.39 is 21.2 Å². The predicted molar refractivity (Wildman–Crippen MR) is 68.6 cm³/mol. The number of nitrogens with one attached hydrogen (secondary N) is 1. The molecule has 1 saturated heterocycles. The molecule has 0 aliphatic carbocycles. The van der Waals surface area contributed by atoms with Gasteiger partial charge in [0.2, 0.25) is 10.0 Å². The Morgan fingerprint density at radius 1 is 1.56 bits per heavy atom. The van der Waals surface area contributed by atoms with Gasteiger partial charge in [0.05, 0.1) is 7.11 Å². The zero-order valence-corrected chi connectivity index (χ0v) is 12.0. The van der Waals surface area contributed by atoms with Crippen molar-refractivity contribution in [2.45, 2.75) is 25.0 Å². The molecule has 0 amide bonds. The van der Waals surface area contributed by atoms with Gasteiger partial charge in [-0.15, -0.1) is 0 Å². The average molecular weight is 278 g/mol. The third kappa shape index (κ3) is 3.43. The summed E-state index contributed by atoms with van der Waals surface area (Å²) in [5.41, 5.74) is 0. The van der Waals surface area contributed by atoms with Crippen LogP contribution in [0.3, 0.4) is 0 Å². The van der Waals surface area contributed by atoms with Crippen LogP contribution in [0.5, 0.6) is 0 Å². The molecule has 1 N–H and O–H groups in total. The molecule has 0 saturated carbocycles. The number of sulfonamides is 1. The molecule has 0 aromatic carbocycles. The number of piperidine rings is 1. The van der Waals surface area contributed by atoms with E-state index in [2.05, 4.69) is 10.1 Å². The minimum absolute atomic E-state index is 0.309. The van der Waals surface area contributed by atoms with Crippen LogP contribution in [0.1, 0.15) is 19.8 Å². The Bertz CT molecular complexity index is 381. The van der Waals surface area contributed by atoms with Crippen molar-refractivity contribution in [1.82, 2.24) is 9.62 Å². The first-order chi connectivity index (χ1) is 8.43. The van der Waals surface area contributed by atoms with Crippen molar-refractivity contribution in [3.05, 3.63) is 0 Å². The van der Waals surface area contributed by atoms with Gasteiger partial charge in [-0.3, -0.25) is 4.79 Å². The lowest BCUT2D eigenvalue weighted by atomic mass is 10.00. The fourth-order valence-corrected chi connectivity index (χ4v) is 3.81. The van der Waals surface area contributed by atoms with Crippen molar-refractivity contribution in [1.29, 1.82) is 0 Å². The van der Waals surface area contributed by atoms with Crippen LogP contribution >= 0.6 is 0 Å². The second-order valence-corrected chi connectivity index (χ2v) is 6.89. The van der Waals surface area contributed by atoms with E-state index in [9.17, 15) is 13.2 Å². The lowest BCUT2D eigenvalue weighted by molar-refractivity contribution is -0.139. The van der Waals surface area contributed by atoms with Crippen LogP contribution in [0.15, 0.2) is 0 Å². The first-order valence-electron chi connectivity index (χ1n) is 6.14. The van der Waals surface area contributed by atoms with E-state index in [1.165, 1.54) is 18.3 Å². The summed E-state index contributed by atoms with van der Waals surface area (Å²) in [6, 6.07) is 0. The number of methoxy groups -OCH3 is 1. The van der Waals surface area contributed by atoms with Crippen molar-refractivity contribution < 1.29 is 17.9 Å². The van der Waals surface area contributed by atoms with Gasteiger partial charge in [-0.05, 0) is 39.3 Å². The zero-order valence-electron chi connectivity index (χ0n) is 11.2. The molecule has 0 aromatic heterocycles. The molecule has 0 spiro atoms. The Morgan fingerprint density at radius 3 is 2.78 bits per heavy atom. The first kappa shape index (κ1) is 15.4. The van der Waals surface area contributed by atoms with Gasteiger partial charge in [0.25, 0.3) is 0 Å². The number of rotatable bonds is 5. The molecule has 1 aliphatic rings. The van der Waals surface area contributed by atoms with E-state index in [1.54, 1.807) is 0 Å². The molecule has 18 heavy (non-hydrogen) atoms. The Hall–Kier alpha value is -0.660. The van der Waals surface area contributed by atoms with Gasteiger partial charge < -0.3 is 10.1 Å². The molecular formula is C11H22N2O4S. The summed E-state index contributed by atoms with van der Waals surface area (Å²) in [4.78, 5) is 11.4. The monoisotopic (exact) mass is 278 g/mol. The molecular weight excluding hydrogens is 256 g/mol. The van der Waals surface area contributed by atoms with Crippen LogP contribution in [0.25, 0.3) is 0 Å².